The van der Waals surface area contributed by atoms with E-state index in [0.717, 1.165) is 0 Å². The molecule has 3 N–H and O–H groups in total. The summed E-state index contributed by atoms with van der Waals surface area (Å²) in [6, 6.07) is -1.30. The van der Waals surface area contributed by atoms with Crippen molar-refractivity contribution in [2.24, 2.45) is 11.7 Å². The van der Waals surface area contributed by atoms with Crippen LogP contribution in [0.15, 0.2) is 0 Å². The van der Waals surface area contributed by atoms with Crippen molar-refractivity contribution in [2.75, 3.05) is 0 Å². The van der Waals surface area contributed by atoms with Crippen LogP contribution < -0.4 is 5.73 Å². The first-order valence-corrected chi connectivity index (χ1v) is 3.79. The Morgan fingerprint density at radius 1 is 1.58 bits per heavy atom. The third-order valence-electron chi connectivity index (χ3n) is 2.26. The number of nitrogens with two attached hydrogens (primary N) is 1. The van der Waals surface area contributed by atoms with Crippen LogP contribution in [0, 0.1) is 5.92 Å². The summed E-state index contributed by atoms with van der Waals surface area (Å²) >= 11 is 0. The summed E-state index contributed by atoms with van der Waals surface area (Å²) in [5.74, 6) is -4.60. The first kappa shape index (κ1) is 9.38. The fraction of sp³-hybridized carbons (Fsp3) is 0.857. The van der Waals surface area contributed by atoms with Crippen LogP contribution in [-0.4, -0.2) is 23.0 Å². The topological polar surface area (TPSA) is 63.3 Å². The Morgan fingerprint density at radius 2 is 2.17 bits per heavy atom. The Hall–Kier alpha value is -0.710. The maximum Gasteiger partial charge on any atom is 0.306 e. The van der Waals surface area contributed by atoms with Gasteiger partial charge in [0.2, 0.25) is 0 Å². The highest BCUT2D eigenvalue weighted by Gasteiger charge is 2.44. The van der Waals surface area contributed by atoms with Crippen LogP contribution in [0.3, 0.4) is 0 Å². The highest BCUT2D eigenvalue weighted by Crippen LogP contribution is 2.35. The number of carboxylic acids is 1. The molecule has 1 aliphatic rings. The summed E-state index contributed by atoms with van der Waals surface area (Å²) in [6.45, 7) is 0. The van der Waals surface area contributed by atoms with E-state index in [2.05, 4.69) is 0 Å². The molecule has 0 aromatic heterocycles. The van der Waals surface area contributed by atoms with Crippen LogP contribution >= 0.6 is 0 Å². The monoisotopic (exact) mass is 179 g/mol. The molecule has 3 nitrogen and oxygen atoms in total. The lowest BCUT2D eigenvalue weighted by molar-refractivity contribution is -0.147. The molecule has 0 bridgehead atoms. The lowest BCUT2D eigenvalue weighted by Crippen LogP contribution is -2.47. The number of carboxylic acid groups (broad SMARTS) is 1. The van der Waals surface area contributed by atoms with Crippen LogP contribution in [0.4, 0.5) is 8.78 Å². The molecule has 0 aliphatic heterocycles. The molecule has 1 rings (SSSR count). The number of hydrogen-bond acceptors (Lipinski definition) is 2. The Labute approximate surface area is 68.5 Å². The second-order valence-electron chi connectivity index (χ2n) is 3.18. The summed E-state index contributed by atoms with van der Waals surface area (Å²) < 4.78 is 25.4. The summed E-state index contributed by atoms with van der Waals surface area (Å²) in [6.07, 6.45) is -0.510. The van der Waals surface area contributed by atoms with Crippen molar-refractivity contribution in [1.82, 2.24) is 0 Å². The molecule has 0 spiro atoms. The number of rotatable bonds is 1. The van der Waals surface area contributed by atoms with Crippen molar-refractivity contribution in [3.63, 3.8) is 0 Å². The minimum Gasteiger partial charge on any atom is -0.481 e. The zero-order valence-corrected chi connectivity index (χ0v) is 6.46. The minimum atomic E-state index is -2.88. The Morgan fingerprint density at radius 3 is 2.58 bits per heavy atom. The van der Waals surface area contributed by atoms with Gasteiger partial charge in [0.1, 0.15) is 0 Å². The molecule has 12 heavy (non-hydrogen) atoms. The maximum absolute atomic E-state index is 12.7. The average molecular weight is 179 g/mol. The van der Waals surface area contributed by atoms with E-state index in [-0.39, 0.29) is 12.8 Å². The van der Waals surface area contributed by atoms with E-state index < -0.39 is 30.3 Å². The highest BCUT2D eigenvalue weighted by atomic mass is 19.3. The molecule has 1 fully saturated rings. The third-order valence-corrected chi connectivity index (χ3v) is 2.26. The van der Waals surface area contributed by atoms with Gasteiger partial charge in [-0.25, -0.2) is 8.78 Å². The van der Waals surface area contributed by atoms with Crippen LogP contribution in [0.5, 0.6) is 0 Å². The normalized spacial score (nSPS) is 34.6. The Balaban J connectivity index is 2.58. The molecule has 2 atom stereocenters. The summed E-state index contributed by atoms with van der Waals surface area (Å²) in [5.41, 5.74) is 5.13. The fourth-order valence-electron chi connectivity index (χ4n) is 1.37. The number of hydrogen-bond donors (Lipinski definition) is 2. The molecule has 0 radical (unpaired) electrons. The predicted octanol–water partition coefficient (Wildman–Crippen LogP) is 0.834. The molecule has 0 saturated heterocycles. The van der Waals surface area contributed by atoms with E-state index in [4.69, 9.17) is 10.8 Å². The first-order valence-electron chi connectivity index (χ1n) is 3.79. The summed E-state index contributed by atoms with van der Waals surface area (Å²) in [5, 5.41) is 8.53. The second-order valence-corrected chi connectivity index (χ2v) is 3.18. The van der Waals surface area contributed by atoms with Gasteiger partial charge in [-0.05, 0) is 12.8 Å². The van der Waals surface area contributed by atoms with Gasteiger partial charge in [-0.1, -0.05) is 0 Å². The lowest BCUT2D eigenvalue weighted by atomic mass is 9.83. The van der Waals surface area contributed by atoms with Crippen LogP contribution in [0.25, 0.3) is 0 Å². The van der Waals surface area contributed by atoms with E-state index >= 15 is 0 Å². The molecule has 0 aromatic carbocycles. The van der Waals surface area contributed by atoms with Crippen molar-refractivity contribution in [1.29, 1.82) is 0 Å². The third kappa shape index (κ3) is 1.72. The Kier molecular flexibility index (Phi) is 2.32. The fourth-order valence-corrected chi connectivity index (χ4v) is 1.37. The van der Waals surface area contributed by atoms with E-state index in [1.165, 1.54) is 0 Å². The van der Waals surface area contributed by atoms with Crippen molar-refractivity contribution in [3.8, 4) is 0 Å². The SMILES string of the molecule is N[C@@H]1C[C@@H](C(=O)O)CCC1(F)F. The van der Waals surface area contributed by atoms with Crippen molar-refractivity contribution >= 4 is 5.97 Å². The van der Waals surface area contributed by atoms with Crippen LogP contribution in [0.1, 0.15) is 19.3 Å². The van der Waals surface area contributed by atoms with Crippen molar-refractivity contribution in [2.45, 2.75) is 31.2 Å². The Bertz CT molecular complexity index is 196. The molecule has 0 unspecified atom stereocenters. The molecule has 70 valence electrons. The number of carbonyl (C=O) groups is 1. The van der Waals surface area contributed by atoms with E-state index in [1.54, 1.807) is 0 Å². The van der Waals surface area contributed by atoms with Crippen molar-refractivity contribution in [3.05, 3.63) is 0 Å². The number of alkyl halides is 2. The number of aliphatic carboxylic acids is 1. The van der Waals surface area contributed by atoms with E-state index in [9.17, 15) is 13.6 Å². The van der Waals surface area contributed by atoms with Gasteiger partial charge < -0.3 is 10.8 Å². The molecule has 0 heterocycles. The van der Waals surface area contributed by atoms with Gasteiger partial charge in [0.25, 0.3) is 5.92 Å². The molecular weight excluding hydrogens is 168 g/mol. The zero-order valence-electron chi connectivity index (χ0n) is 6.46. The minimum absolute atomic E-state index is 0.0238. The predicted molar refractivity (Wildman–Crippen MR) is 37.9 cm³/mol. The van der Waals surface area contributed by atoms with Crippen LogP contribution in [-0.2, 0) is 4.79 Å². The van der Waals surface area contributed by atoms with Gasteiger partial charge >= 0.3 is 5.97 Å². The highest BCUT2D eigenvalue weighted by molar-refractivity contribution is 5.70. The summed E-state index contributed by atoms with van der Waals surface area (Å²) in [4.78, 5) is 10.4. The van der Waals surface area contributed by atoms with Crippen LogP contribution in [0.2, 0.25) is 0 Å². The van der Waals surface area contributed by atoms with Crippen molar-refractivity contribution < 1.29 is 18.7 Å². The van der Waals surface area contributed by atoms with E-state index in [1.807, 2.05) is 0 Å². The molecule has 0 aromatic rings. The molecular formula is C7H11F2NO2. The smallest absolute Gasteiger partial charge is 0.306 e. The van der Waals surface area contributed by atoms with Gasteiger partial charge in [0.15, 0.2) is 0 Å². The molecule has 0 amide bonds. The molecule has 5 heteroatoms. The van der Waals surface area contributed by atoms with Gasteiger partial charge in [0.05, 0.1) is 12.0 Å². The summed E-state index contributed by atoms with van der Waals surface area (Å²) in [7, 11) is 0. The second kappa shape index (κ2) is 2.97. The quantitative estimate of drug-likeness (QED) is 0.626. The lowest BCUT2D eigenvalue weighted by Gasteiger charge is -2.31. The van der Waals surface area contributed by atoms with Gasteiger partial charge in [-0.3, -0.25) is 4.79 Å². The standard InChI is InChI=1S/C7H11F2NO2/c8-7(9)2-1-4(6(11)12)3-5(7)10/h4-5H,1-3,10H2,(H,11,12)/t4-,5+/m0/s1. The zero-order chi connectivity index (χ0) is 9.35. The molecule has 1 saturated carbocycles. The molecule has 1 aliphatic carbocycles. The first-order chi connectivity index (χ1) is 5.43. The average Bonchev–Trinajstić information content (AvgIpc) is 1.94. The van der Waals surface area contributed by atoms with E-state index in [0.29, 0.717) is 0 Å². The number of halogens is 2. The largest absolute Gasteiger partial charge is 0.481 e. The van der Waals surface area contributed by atoms with Gasteiger partial charge in [0, 0.05) is 6.42 Å². The van der Waals surface area contributed by atoms with Gasteiger partial charge in [-0.2, -0.15) is 0 Å². The maximum atomic E-state index is 12.7. The van der Waals surface area contributed by atoms with Gasteiger partial charge in [-0.15, -0.1) is 0 Å².